The van der Waals surface area contributed by atoms with E-state index in [0.29, 0.717) is 17.3 Å². The number of rotatable bonds is 4. The van der Waals surface area contributed by atoms with Crippen LogP contribution in [0.3, 0.4) is 0 Å². The highest BCUT2D eigenvalue weighted by Crippen LogP contribution is 2.33. The van der Waals surface area contributed by atoms with Gasteiger partial charge in [0.1, 0.15) is 5.69 Å². The van der Waals surface area contributed by atoms with Gasteiger partial charge in [-0.25, -0.2) is 0 Å². The molecule has 1 aromatic rings. The van der Waals surface area contributed by atoms with Crippen molar-refractivity contribution < 1.29 is 10.0 Å². The zero-order valence-electron chi connectivity index (χ0n) is 12.8. The SMILES string of the molecule is C[C@H](O)c1ccc(N(C)C2CCN(C)CC2)c([N+](=O)[O-])c1. The van der Waals surface area contributed by atoms with E-state index in [-0.39, 0.29) is 10.6 Å². The third-order valence-electron chi connectivity index (χ3n) is 4.29. The molecular formula is C15H23N3O3. The van der Waals surface area contributed by atoms with Gasteiger partial charge in [-0.3, -0.25) is 10.1 Å². The van der Waals surface area contributed by atoms with Crippen LogP contribution in [0, 0.1) is 10.1 Å². The number of benzene rings is 1. The first-order chi connectivity index (χ1) is 9.90. The normalized spacial score (nSPS) is 18.5. The van der Waals surface area contributed by atoms with Crippen LogP contribution in [0.15, 0.2) is 18.2 Å². The summed E-state index contributed by atoms with van der Waals surface area (Å²) < 4.78 is 0. The van der Waals surface area contributed by atoms with Crippen LogP contribution in [0.2, 0.25) is 0 Å². The molecule has 0 radical (unpaired) electrons. The molecule has 0 bridgehead atoms. The predicted octanol–water partition coefficient (Wildman–Crippen LogP) is 2.18. The summed E-state index contributed by atoms with van der Waals surface area (Å²) in [5.41, 5.74) is 1.26. The third kappa shape index (κ3) is 3.51. The molecule has 1 heterocycles. The lowest BCUT2D eigenvalue weighted by atomic mass is 10.0. The highest BCUT2D eigenvalue weighted by molar-refractivity contribution is 5.64. The van der Waals surface area contributed by atoms with Gasteiger partial charge in [0.2, 0.25) is 0 Å². The number of anilines is 1. The van der Waals surface area contributed by atoms with E-state index in [0.717, 1.165) is 25.9 Å². The number of nitrogens with zero attached hydrogens (tertiary/aromatic N) is 3. The lowest BCUT2D eigenvalue weighted by Crippen LogP contribution is -2.42. The Kier molecular flexibility index (Phi) is 4.80. The Labute approximate surface area is 125 Å². The smallest absolute Gasteiger partial charge is 0.292 e. The van der Waals surface area contributed by atoms with Crippen molar-refractivity contribution in [2.24, 2.45) is 0 Å². The van der Waals surface area contributed by atoms with Gasteiger partial charge in [-0.05, 0) is 51.5 Å². The molecule has 1 N–H and O–H groups in total. The van der Waals surface area contributed by atoms with E-state index in [1.807, 2.05) is 11.9 Å². The molecule has 0 amide bonds. The fraction of sp³-hybridized carbons (Fsp3) is 0.600. The molecule has 1 aromatic carbocycles. The van der Waals surface area contributed by atoms with Gasteiger partial charge in [0.25, 0.3) is 5.69 Å². The van der Waals surface area contributed by atoms with E-state index in [1.165, 1.54) is 6.07 Å². The largest absolute Gasteiger partial charge is 0.389 e. The average Bonchev–Trinajstić information content (AvgIpc) is 2.46. The number of nitro groups is 1. The van der Waals surface area contributed by atoms with Crippen LogP contribution >= 0.6 is 0 Å². The maximum Gasteiger partial charge on any atom is 0.292 e. The molecule has 1 fully saturated rings. The van der Waals surface area contributed by atoms with E-state index in [2.05, 4.69) is 11.9 Å². The van der Waals surface area contributed by atoms with Crippen LogP contribution in [0.5, 0.6) is 0 Å². The molecule has 1 atom stereocenters. The highest BCUT2D eigenvalue weighted by atomic mass is 16.6. The van der Waals surface area contributed by atoms with Gasteiger partial charge in [-0.15, -0.1) is 0 Å². The minimum absolute atomic E-state index is 0.0647. The second-order valence-electron chi connectivity index (χ2n) is 5.83. The van der Waals surface area contributed by atoms with Gasteiger partial charge in [0.15, 0.2) is 0 Å². The molecular weight excluding hydrogens is 270 g/mol. The van der Waals surface area contributed by atoms with Gasteiger partial charge in [0, 0.05) is 19.2 Å². The van der Waals surface area contributed by atoms with Crippen molar-refractivity contribution in [3.05, 3.63) is 33.9 Å². The Morgan fingerprint density at radius 1 is 1.43 bits per heavy atom. The quantitative estimate of drug-likeness (QED) is 0.680. The molecule has 1 saturated heterocycles. The molecule has 0 aliphatic carbocycles. The molecule has 0 unspecified atom stereocenters. The maximum atomic E-state index is 11.3. The predicted molar refractivity (Wildman–Crippen MR) is 82.7 cm³/mol. The number of nitro benzene ring substituents is 1. The molecule has 0 spiro atoms. The number of aliphatic hydroxyl groups excluding tert-OH is 1. The topological polar surface area (TPSA) is 69.8 Å². The molecule has 21 heavy (non-hydrogen) atoms. The van der Waals surface area contributed by atoms with E-state index in [9.17, 15) is 15.2 Å². The van der Waals surface area contributed by atoms with Crippen LogP contribution in [0.4, 0.5) is 11.4 Å². The molecule has 0 saturated carbocycles. The Balaban J connectivity index is 2.27. The Morgan fingerprint density at radius 2 is 2.05 bits per heavy atom. The summed E-state index contributed by atoms with van der Waals surface area (Å²) in [6.07, 6.45) is 1.30. The van der Waals surface area contributed by atoms with Crippen LogP contribution < -0.4 is 4.90 Å². The summed E-state index contributed by atoms with van der Waals surface area (Å²) in [6.45, 7) is 3.63. The van der Waals surface area contributed by atoms with Gasteiger partial charge < -0.3 is 14.9 Å². The van der Waals surface area contributed by atoms with Crippen LogP contribution in [-0.4, -0.2) is 48.2 Å². The molecule has 1 aliphatic rings. The average molecular weight is 293 g/mol. The standard InChI is InChI=1S/C15H23N3O3/c1-11(19)12-4-5-14(15(10-12)18(20)21)17(3)13-6-8-16(2)9-7-13/h4-5,10-11,13,19H,6-9H2,1-3H3/t11-/m0/s1. The van der Waals surface area contributed by atoms with Crippen molar-refractivity contribution in [3.8, 4) is 0 Å². The first-order valence-corrected chi connectivity index (χ1v) is 7.28. The van der Waals surface area contributed by atoms with Gasteiger partial charge in [-0.1, -0.05) is 6.07 Å². The molecule has 116 valence electrons. The van der Waals surface area contributed by atoms with Crippen molar-refractivity contribution >= 4 is 11.4 Å². The lowest BCUT2D eigenvalue weighted by molar-refractivity contribution is -0.384. The van der Waals surface area contributed by atoms with Crippen LogP contribution in [-0.2, 0) is 0 Å². The zero-order chi connectivity index (χ0) is 15.6. The minimum Gasteiger partial charge on any atom is -0.389 e. The zero-order valence-corrected chi connectivity index (χ0v) is 12.8. The van der Waals surface area contributed by atoms with Crippen LogP contribution in [0.1, 0.15) is 31.4 Å². The Morgan fingerprint density at radius 3 is 2.57 bits per heavy atom. The van der Waals surface area contributed by atoms with Crippen molar-refractivity contribution in [2.45, 2.75) is 31.9 Å². The van der Waals surface area contributed by atoms with Gasteiger partial charge >= 0.3 is 0 Å². The Hall–Kier alpha value is -1.66. The fourth-order valence-electron chi connectivity index (χ4n) is 2.82. The molecule has 6 heteroatoms. The number of hydrogen-bond donors (Lipinski definition) is 1. The van der Waals surface area contributed by atoms with Crippen molar-refractivity contribution in [1.29, 1.82) is 0 Å². The van der Waals surface area contributed by atoms with Crippen molar-refractivity contribution in [3.63, 3.8) is 0 Å². The number of hydrogen-bond acceptors (Lipinski definition) is 5. The van der Waals surface area contributed by atoms with E-state index in [4.69, 9.17) is 0 Å². The number of piperidine rings is 1. The molecule has 1 aliphatic heterocycles. The van der Waals surface area contributed by atoms with Crippen LogP contribution in [0.25, 0.3) is 0 Å². The number of aliphatic hydroxyl groups is 1. The van der Waals surface area contributed by atoms with E-state index >= 15 is 0 Å². The second-order valence-corrected chi connectivity index (χ2v) is 5.83. The summed E-state index contributed by atoms with van der Waals surface area (Å²) in [6, 6.07) is 5.31. The molecule has 6 nitrogen and oxygen atoms in total. The maximum absolute atomic E-state index is 11.3. The summed E-state index contributed by atoms with van der Waals surface area (Å²) in [5, 5.41) is 20.9. The van der Waals surface area contributed by atoms with Gasteiger partial charge in [0.05, 0.1) is 11.0 Å². The van der Waals surface area contributed by atoms with Gasteiger partial charge in [-0.2, -0.15) is 0 Å². The first kappa shape index (κ1) is 15.7. The number of likely N-dealkylation sites (tertiary alicyclic amines) is 1. The molecule has 2 rings (SSSR count). The monoisotopic (exact) mass is 293 g/mol. The van der Waals surface area contributed by atoms with E-state index in [1.54, 1.807) is 19.1 Å². The summed E-state index contributed by atoms with van der Waals surface area (Å²) >= 11 is 0. The second kappa shape index (κ2) is 6.41. The third-order valence-corrected chi connectivity index (χ3v) is 4.29. The van der Waals surface area contributed by atoms with E-state index < -0.39 is 6.10 Å². The Bertz CT molecular complexity index is 511. The molecule has 0 aromatic heterocycles. The minimum atomic E-state index is -0.702. The van der Waals surface area contributed by atoms with Crippen molar-refractivity contribution in [1.82, 2.24) is 4.90 Å². The summed E-state index contributed by atoms with van der Waals surface area (Å²) in [4.78, 5) is 15.2. The first-order valence-electron chi connectivity index (χ1n) is 7.28. The highest BCUT2D eigenvalue weighted by Gasteiger charge is 2.26. The summed E-state index contributed by atoms with van der Waals surface area (Å²) in [7, 11) is 4.01. The fourth-order valence-corrected chi connectivity index (χ4v) is 2.82. The van der Waals surface area contributed by atoms with Crippen molar-refractivity contribution in [2.75, 3.05) is 32.1 Å². The lowest BCUT2D eigenvalue weighted by Gasteiger charge is -2.36. The summed E-state index contributed by atoms with van der Waals surface area (Å²) in [5.74, 6) is 0.